The van der Waals surface area contributed by atoms with Crippen molar-refractivity contribution in [2.45, 2.75) is 13.0 Å². The third kappa shape index (κ3) is 1.76. The average Bonchev–Trinajstić information content (AvgIpc) is 2.82. The summed E-state index contributed by atoms with van der Waals surface area (Å²) in [5.41, 5.74) is 8.87. The Kier molecular flexibility index (Phi) is 2.57. The van der Waals surface area contributed by atoms with Gasteiger partial charge < -0.3 is 5.73 Å². The summed E-state index contributed by atoms with van der Waals surface area (Å²) in [6.07, 6.45) is 3.60. The van der Waals surface area contributed by atoms with Crippen LogP contribution in [0.5, 0.6) is 0 Å². The number of hydrogen-bond donors (Lipinski definition) is 1. The predicted molar refractivity (Wildman–Crippen MR) is 71.5 cm³/mol. The predicted octanol–water partition coefficient (Wildman–Crippen LogP) is 2.44. The highest BCUT2D eigenvalue weighted by molar-refractivity contribution is 5.76. The van der Waals surface area contributed by atoms with Crippen LogP contribution in [-0.2, 0) is 0 Å². The molecule has 4 nitrogen and oxygen atoms in total. The van der Waals surface area contributed by atoms with Crippen LogP contribution in [0.4, 0.5) is 0 Å². The van der Waals surface area contributed by atoms with Gasteiger partial charge >= 0.3 is 0 Å². The minimum absolute atomic E-state index is 0.00563. The number of aromatic nitrogens is 3. The van der Waals surface area contributed by atoms with Crippen molar-refractivity contribution in [3.8, 4) is 5.82 Å². The lowest BCUT2D eigenvalue weighted by Gasteiger charge is -2.07. The molecule has 0 aliphatic heterocycles. The van der Waals surface area contributed by atoms with E-state index in [0.717, 1.165) is 22.4 Å². The number of rotatable bonds is 2. The fourth-order valence-corrected chi connectivity index (χ4v) is 1.95. The molecular formula is C14H14N4. The van der Waals surface area contributed by atoms with Gasteiger partial charge in [-0.15, -0.1) is 0 Å². The first-order valence-electron chi connectivity index (χ1n) is 5.90. The molecule has 90 valence electrons. The van der Waals surface area contributed by atoms with Gasteiger partial charge in [0.05, 0.1) is 11.0 Å². The number of benzene rings is 1. The highest BCUT2D eigenvalue weighted by Gasteiger charge is 2.05. The van der Waals surface area contributed by atoms with Gasteiger partial charge in [-0.1, -0.05) is 18.2 Å². The molecule has 1 atom stereocenters. The summed E-state index contributed by atoms with van der Waals surface area (Å²) in [6.45, 7) is 1.95. The molecule has 3 aromatic rings. The van der Waals surface area contributed by atoms with E-state index in [-0.39, 0.29) is 6.04 Å². The highest BCUT2D eigenvalue weighted by Crippen LogP contribution is 2.17. The van der Waals surface area contributed by atoms with Gasteiger partial charge in [-0.3, -0.25) is 4.57 Å². The Hall–Kier alpha value is -2.20. The van der Waals surface area contributed by atoms with E-state index in [1.807, 2.05) is 54.1 Å². The van der Waals surface area contributed by atoms with E-state index in [1.54, 1.807) is 6.33 Å². The standard InChI is InChI=1S/C14H14N4/c1-10(15)11-6-7-14(16-8-11)18-9-17-12-4-2-3-5-13(12)18/h2-10H,15H2,1H3/t10-/m1/s1. The van der Waals surface area contributed by atoms with Crippen LogP contribution in [-0.4, -0.2) is 14.5 Å². The lowest BCUT2D eigenvalue weighted by Crippen LogP contribution is -2.06. The van der Waals surface area contributed by atoms with Crippen molar-refractivity contribution in [3.05, 3.63) is 54.5 Å². The molecule has 18 heavy (non-hydrogen) atoms. The third-order valence-electron chi connectivity index (χ3n) is 3.00. The van der Waals surface area contributed by atoms with Gasteiger partial charge in [-0.2, -0.15) is 0 Å². The Labute approximate surface area is 105 Å². The van der Waals surface area contributed by atoms with Gasteiger partial charge in [-0.05, 0) is 30.7 Å². The van der Waals surface area contributed by atoms with E-state index in [1.165, 1.54) is 0 Å². The second kappa shape index (κ2) is 4.23. The second-order valence-electron chi connectivity index (χ2n) is 4.34. The number of para-hydroxylation sites is 2. The normalized spacial score (nSPS) is 12.8. The molecule has 2 N–H and O–H groups in total. The molecule has 0 saturated heterocycles. The summed E-state index contributed by atoms with van der Waals surface area (Å²) in [4.78, 5) is 8.79. The zero-order chi connectivity index (χ0) is 12.5. The van der Waals surface area contributed by atoms with Gasteiger partial charge in [0.1, 0.15) is 12.1 Å². The van der Waals surface area contributed by atoms with Crippen LogP contribution in [0.3, 0.4) is 0 Å². The monoisotopic (exact) mass is 238 g/mol. The van der Waals surface area contributed by atoms with E-state index in [9.17, 15) is 0 Å². The molecule has 0 saturated carbocycles. The maximum Gasteiger partial charge on any atom is 0.138 e. The summed E-state index contributed by atoms with van der Waals surface area (Å²) >= 11 is 0. The number of nitrogens with two attached hydrogens (primary N) is 1. The van der Waals surface area contributed by atoms with Crippen LogP contribution in [0, 0.1) is 0 Å². The highest BCUT2D eigenvalue weighted by atomic mass is 15.1. The summed E-state index contributed by atoms with van der Waals surface area (Å²) in [6, 6.07) is 12.0. The van der Waals surface area contributed by atoms with Crippen molar-refractivity contribution in [1.82, 2.24) is 14.5 Å². The summed E-state index contributed by atoms with van der Waals surface area (Å²) in [5, 5.41) is 0. The first kappa shape index (κ1) is 10.9. The number of imidazole rings is 1. The number of hydrogen-bond acceptors (Lipinski definition) is 3. The van der Waals surface area contributed by atoms with Crippen molar-refractivity contribution in [2.75, 3.05) is 0 Å². The molecule has 0 unspecified atom stereocenters. The van der Waals surface area contributed by atoms with Gasteiger partial charge in [0.2, 0.25) is 0 Å². The van der Waals surface area contributed by atoms with Gasteiger partial charge in [0, 0.05) is 12.2 Å². The smallest absolute Gasteiger partial charge is 0.138 e. The molecule has 2 heterocycles. The Morgan fingerprint density at radius 2 is 1.94 bits per heavy atom. The van der Waals surface area contributed by atoms with Crippen molar-refractivity contribution in [2.24, 2.45) is 5.73 Å². The zero-order valence-electron chi connectivity index (χ0n) is 10.1. The fraction of sp³-hybridized carbons (Fsp3) is 0.143. The summed E-state index contributed by atoms with van der Waals surface area (Å²) in [5.74, 6) is 0.855. The SMILES string of the molecule is C[C@@H](N)c1ccc(-n2cnc3ccccc32)nc1. The first-order valence-corrected chi connectivity index (χ1v) is 5.90. The number of fused-ring (bicyclic) bond motifs is 1. The largest absolute Gasteiger partial charge is 0.324 e. The van der Waals surface area contributed by atoms with Crippen LogP contribution in [0.15, 0.2) is 48.9 Å². The van der Waals surface area contributed by atoms with Crippen LogP contribution in [0.1, 0.15) is 18.5 Å². The fourth-order valence-electron chi connectivity index (χ4n) is 1.95. The lowest BCUT2D eigenvalue weighted by atomic mass is 10.1. The Morgan fingerprint density at radius 3 is 2.67 bits per heavy atom. The molecule has 2 aromatic heterocycles. The van der Waals surface area contributed by atoms with Gasteiger partial charge in [-0.25, -0.2) is 9.97 Å². The Morgan fingerprint density at radius 1 is 1.11 bits per heavy atom. The molecule has 0 aliphatic rings. The Bertz CT molecular complexity index is 668. The topological polar surface area (TPSA) is 56.7 Å². The average molecular weight is 238 g/mol. The summed E-state index contributed by atoms with van der Waals surface area (Å²) < 4.78 is 1.97. The van der Waals surface area contributed by atoms with Crippen molar-refractivity contribution in [1.29, 1.82) is 0 Å². The van der Waals surface area contributed by atoms with Gasteiger partial charge in [0.25, 0.3) is 0 Å². The molecule has 3 rings (SSSR count). The van der Waals surface area contributed by atoms with E-state index < -0.39 is 0 Å². The maximum absolute atomic E-state index is 5.81. The maximum atomic E-state index is 5.81. The molecule has 0 spiro atoms. The van der Waals surface area contributed by atoms with Crippen molar-refractivity contribution < 1.29 is 0 Å². The van der Waals surface area contributed by atoms with E-state index >= 15 is 0 Å². The van der Waals surface area contributed by atoms with E-state index in [2.05, 4.69) is 9.97 Å². The molecule has 0 aliphatic carbocycles. The van der Waals surface area contributed by atoms with Crippen molar-refractivity contribution in [3.63, 3.8) is 0 Å². The molecule has 1 aromatic carbocycles. The molecule has 0 amide bonds. The second-order valence-corrected chi connectivity index (χ2v) is 4.34. The van der Waals surface area contributed by atoms with E-state index in [4.69, 9.17) is 5.73 Å². The zero-order valence-corrected chi connectivity index (χ0v) is 10.1. The molecule has 0 bridgehead atoms. The van der Waals surface area contributed by atoms with Crippen LogP contribution < -0.4 is 5.73 Å². The van der Waals surface area contributed by atoms with Crippen LogP contribution >= 0.6 is 0 Å². The van der Waals surface area contributed by atoms with Crippen LogP contribution in [0.25, 0.3) is 16.9 Å². The molecular weight excluding hydrogens is 224 g/mol. The third-order valence-corrected chi connectivity index (χ3v) is 3.00. The number of nitrogens with zero attached hydrogens (tertiary/aromatic N) is 3. The minimum Gasteiger partial charge on any atom is -0.324 e. The van der Waals surface area contributed by atoms with Crippen molar-refractivity contribution >= 4 is 11.0 Å². The minimum atomic E-state index is 0.00563. The quantitative estimate of drug-likeness (QED) is 0.746. The Balaban J connectivity index is 2.09. The molecule has 0 radical (unpaired) electrons. The summed E-state index contributed by atoms with van der Waals surface area (Å²) in [7, 11) is 0. The molecule has 0 fully saturated rings. The molecule has 4 heteroatoms. The first-order chi connectivity index (χ1) is 8.75. The van der Waals surface area contributed by atoms with Gasteiger partial charge in [0.15, 0.2) is 0 Å². The van der Waals surface area contributed by atoms with E-state index in [0.29, 0.717) is 0 Å². The lowest BCUT2D eigenvalue weighted by molar-refractivity contribution is 0.808. The van der Waals surface area contributed by atoms with Crippen LogP contribution in [0.2, 0.25) is 0 Å². The number of pyridine rings is 1.